The second-order valence-corrected chi connectivity index (χ2v) is 3.12. The van der Waals surface area contributed by atoms with Crippen molar-refractivity contribution in [1.82, 2.24) is 5.32 Å². The lowest BCUT2D eigenvalue weighted by Crippen LogP contribution is -2.47. The highest BCUT2D eigenvalue weighted by Gasteiger charge is 2.40. The molecule has 0 aromatic carbocycles. The predicted molar refractivity (Wildman–Crippen MR) is 34.5 cm³/mol. The molecule has 2 unspecified atom stereocenters. The third-order valence-electron chi connectivity index (χ3n) is 2.38. The average molecular weight is 143 g/mol. The third kappa shape index (κ3) is 0.770. The number of fused-ring (bicyclic) bond motifs is 2. The van der Waals surface area contributed by atoms with Gasteiger partial charge in [0.15, 0.2) is 12.0 Å². The zero-order valence-electron chi connectivity index (χ0n) is 5.64. The maximum atomic E-state index is 12.9. The van der Waals surface area contributed by atoms with Crippen LogP contribution in [-0.2, 0) is 4.79 Å². The Morgan fingerprint density at radius 1 is 1.50 bits per heavy atom. The van der Waals surface area contributed by atoms with Crippen molar-refractivity contribution in [2.24, 2.45) is 0 Å². The molecular formula is C7H10FNO. The van der Waals surface area contributed by atoms with Gasteiger partial charge in [-0.15, -0.1) is 0 Å². The van der Waals surface area contributed by atoms with E-state index in [0.717, 1.165) is 12.8 Å². The molecule has 10 heavy (non-hydrogen) atoms. The Kier molecular flexibility index (Phi) is 1.27. The molecular weight excluding hydrogens is 133 g/mol. The van der Waals surface area contributed by atoms with E-state index in [1.165, 1.54) is 0 Å². The molecule has 2 aliphatic heterocycles. The number of carbonyl (C=O) groups is 1. The molecule has 0 saturated carbocycles. The molecule has 2 aliphatic rings. The summed E-state index contributed by atoms with van der Waals surface area (Å²) in [7, 11) is 0. The molecule has 0 aliphatic carbocycles. The Hall–Kier alpha value is -0.440. The topological polar surface area (TPSA) is 29.1 Å². The van der Waals surface area contributed by atoms with Crippen molar-refractivity contribution in [3.8, 4) is 0 Å². The molecule has 2 heterocycles. The summed E-state index contributed by atoms with van der Waals surface area (Å²) in [5.74, 6) is -0.203. The van der Waals surface area contributed by atoms with Crippen LogP contribution in [-0.4, -0.2) is 24.0 Å². The summed E-state index contributed by atoms with van der Waals surface area (Å²) in [6, 6.07) is 0.121. The molecule has 1 N–H and O–H groups in total. The number of alkyl halides is 1. The quantitative estimate of drug-likeness (QED) is 0.532. The van der Waals surface area contributed by atoms with Crippen molar-refractivity contribution in [2.75, 3.05) is 0 Å². The highest BCUT2D eigenvalue weighted by atomic mass is 19.1. The molecule has 2 saturated heterocycles. The highest BCUT2D eigenvalue weighted by molar-refractivity contribution is 5.85. The van der Waals surface area contributed by atoms with E-state index in [2.05, 4.69) is 5.32 Å². The Morgan fingerprint density at radius 3 is 3.10 bits per heavy atom. The zero-order valence-corrected chi connectivity index (χ0v) is 5.64. The van der Waals surface area contributed by atoms with Crippen molar-refractivity contribution in [3.05, 3.63) is 0 Å². The number of hydrogen-bond acceptors (Lipinski definition) is 2. The summed E-state index contributed by atoms with van der Waals surface area (Å²) >= 11 is 0. The minimum atomic E-state index is -1.22. The van der Waals surface area contributed by atoms with Gasteiger partial charge in [0, 0.05) is 18.5 Å². The Labute approximate surface area is 58.8 Å². The maximum absolute atomic E-state index is 12.9. The SMILES string of the molecule is O=C1CC2CCC(N2)[C@@H]1F. The molecule has 0 aromatic rings. The van der Waals surface area contributed by atoms with E-state index < -0.39 is 6.17 Å². The van der Waals surface area contributed by atoms with Crippen molar-refractivity contribution in [1.29, 1.82) is 0 Å². The lowest BCUT2D eigenvalue weighted by molar-refractivity contribution is -0.126. The van der Waals surface area contributed by atoms with Crippen LogP contribution >= 0.6 is 0 Å². The van der Waals surface area contributed by atoms with E-state index in [0.29, 0.717) is 6.42 Å². The first-order valence-corrected chi connectivity index (χ1v) is 3.70. The number of nitrogens with one attached hydrogen (secondary N) is 1. The molecule has 0 spiro atoms. The van der Waals surface area contributed by atoms with Crippen LogP contribution in [0.15, 0.2) is 0 Å². The second-order valence-electron chi connectivity index (χ2n) is 3.12. The van der Waals surface area contributed by atoms with E-state index in [1.54, 1.807) is 0 Å². The summed E-state index contributed by atoms with van der Waals surface area (Å²) in [5, 5.41) is 3.07. The molecule has 2 bridgehead atoms. The van der Waals surface area contributed by atoms with E-state index in [1.807, 2.05) is 0 Å². The number of rotatable bonds is 0. The number of Topliss-reactive ketones (excluding diaryl/α,β-unsaturated/α-hetero) is 1. The van der Waals surface area contributed by atoms with Crippen molar-refractivity contribution < 1.29 is 9.18 Å². The fourth-order valence-corrected chi connectivity index (χ4v) is 1.82. The molecule has 0 radical (unpaired) electrons. The number of halogens is 1. The molecule has 2 rings (SSSR count). The minimum Gasteiger partial charge on any atom is -0.308 e. The van der Waals surface area contributed by atoms with Gasteiger partial charge in [0.25, 0.3) is 0 Å². The van der Waals surface area contributed by atoms with Crippen molar-refractivity contribution in [2.45, 2.75) is 37.5 Å². The Balaban J connectivity index is 2.17. The van der Waals surface area contributed by atoms with Crippen LogP contribution in [0, 0.1) is 0 Å². The largest absolute Gasteiger partial charge is 0.308 e. The molecule has 0 amide bonds. The summed E-state index contributed by atoms with van der Waals surface area (Å²) in [6.45, 7) is 0. The maximum Gasteiger partial charge on any atom is 0.173 e. The number of piperidine rings is 1. The van der Waals surface area contributed by atoms with Crippen LogP contribution < -0.4 is 5.32 Å². The standard InChI is InChI=1S/C7H10FNO/c8-7-5-2-1-4(9-5)3-6(7)10/h4-5,7,9H,1-3H2/t4?,5?,7-/m0/s1. The van der Waals surface area contributed by atoms with Crippen LogP contribution in [0.1, 0.15) is 19.3 Å². The van der Waals surface area contributed by atoms with Gasteiger partial charge in [-0.25, -0.2) is 4.39 Å². The normalized spacial score (nSPS) is 46.1. The molecule has 2 fully saturated rings. The van der Waals surface area contributed by atoms with Gasteiger partial charge < -0.3 is 5.32 Å². The summed E-state index contributed by atoms with van der Waals surface area (Å²) < 4.78 is 12.9. The van der Waals surface area contributed by atoms with Gasteiger partial charge in [0.05, 0.1) is 0 Å². The second kappa shape index (κ2) is 2.02. The van der Waals surface area contributed by atoms with E-state index in [-0.39, 0.29) is 17.9 Å². The van der Waals surface area contributed by atoms with Gasteiger partial charge in [-0.2, -0.15) is 0 Å². The van der Waals surface area contributed by atoms with Gasteiger partial charge >= 0.3 is 0 Å². The Bertz CT molecular complexity index is 171. The van der Waals surface area contributed by atoms with Crippen molar-refractivity contribution >= 4 is 5.78 Å². The molecule has 2 nitrogen and oxygen atoms in total. The smallest absolute Gasteiger partial charge is 0.173 e. The Morgan fingerprint density at radius 2 is 2.30 bits per heavy atom. The number of ketones is 1. The molecule has 0 aromatic heterocycles. The average Bonchev–Trinajstić information content (AvgIpc) is 2.29. The highest BCUT2D eigenvalue weighted by Crippen LogP contribution is 2.26. The first kappa shape index (κ1) is 6.28. The van der Waals surface area contributed by atoms with Gasteiger partial charge in [-0.3, -0.25) is 4.79 Å². The van der Waals surface area contributed by atoms with E-state index >= 15 is 0 Å². The lowest BCUT2D eigenvalue weighted by atomic mass is 10.0. The monoisotopic (exact) mass is 143 g/mol. The van der Waals surface area contributed by atoms with Crippen LogP contribution in [0.5, 0.6) is 0 Å². The molecule has 3 heteroatoms. The first-order chi connectivity index (χ1) is 4.77. The first-order valence-electron chi connectivity index (χ1n) is 3.70. The number of carbonyl (C=O) groups excluding carboxylic acids is 1. The van der Waals surface area contributed by atoms with Gasteiger partial charge in [-0.05, 0) is 12.8 Å². The van der Waals surface area contributed by atoms with Gasteiger partial charge in [0.1, 0.15) is 0 Å². The minimum absolute atomic E-state index is 0.161. The van der Waals surface area contributed by atoms with E-state index in [9.17, 15) is 9.18 Å². The van der Waals surface area contributed by atoms with Crippen LogP contribution in [0.3, 0.4) is 0 Å². The van der Waals surface area contributed by atoms with Crippen LogP contribution in [0.2, 0.25) is 0 Å². The van der Waals surface area contributed by atoms with Crippen molar-refractivity contribution in [3.63, 3.8) is 0 Å². The lowest BCUT2D eigenvalue weighted by Gasteiger charge is -2.22. The third-order valence-corrected chi connectivity index (χ3v) is 2.38. The predicted octanol–water partition coefficient (Wildman–Crippen LogP) is 0.418. The summed E-state index contributed by atoms with van der Waals surface area (Å²) in [6.07, 6.45) is 0.977. The molecule has 3 atom stereocenters. The fourth-order valence-electron chi connectivity index (χ4n) is 1.82. The van der Waals surface area contributed by atoms with Crippen LogP contribution in [0.4, 0.5) is 4.39 Å². The van der Waals surface area contributed by atoms with E-state index in [4.69, 9.17) is 0 Å². The van der Waals surface area contributed by atoms with Gasteiger partial charge in [0.2, 0.25) is 0 Å². The number of hydrogen-bond donors (Lipinski definition) is 1. The summed E-state index contributed by atoms with van der Waals surface area (Å²) in [4.78, 5) is 10.8. The van der Waals surface area contributed by atoms with Crippen LogP contribution in [0.25, 0.3) is 0 Å². The summed E-state index contributed by atoms with van der Waals surface area (Å²) in [5.41, 5.74) is 0. The zero-order chi connectivity index (χ0) is 7.14. The van der Waals surface area contributed by atoms with Gasteiger partial charge in [-0.1, -0.05) is 0 Å². The molecule has 56 valence electrons. The fraction of sp³-hybridized carbons (Fsp3) is 0.857.